The molecule has 0 bridgehead atoms. The van der Waals surface area contributed by atoms with Gasteiger partial charge in [-0.1, -0.05) is 24.3 Å². The lowest BCUT2D eigenvalue weighted by Gasteiger charge is -2.03. The number of aldehydes is 1. The molecule has 0 amide bonds. The molecular formula is C14H18O3. The monoisotopic (exact) mass is 234 g/mol. The summed E-state index contributed by atoms with van der Waals surface area (Å²) in [5.74, 6) is -0.155. The van der Waals surface area contributed by atoms with E-state index in [1.807, 2.05) is 24.3 Å². The molecule has 92 valence electrons. The highest BCUT2D eigenvalue weighted by atomic mass is 16.5. The number of hydrogen-bond donors (Lipinski definition) is 0. The molecule has 0 aliphatic rings. The van der Waals surface area contributed by atoms with Gasteiger partial charge in [0.1, 0.15) is 6.29 Å². The summed E-state index contributed by atoms with van der Waals surface area (Å²) in [4.78, 5) is 21.4. The van der Waals surface area contributed by atoms with Crippen LogP contribution in [0, 0.1) is 0 Å². The molecule has 1 aromatic carbocycles. The summed E-state index contributed by atoms with van der Waals surface area (Å²) in [5, 5.41) is 0. The van der Waals surface area contributed by atoms with Crippen LogP contribution in [0.2, 0.25) is 0 Å². The zero-order chi connectivity index (χ0) is 12.5. The number of carbonyl (C=O) groups excluding carboxylic acids is 2. The molecule has 1 aromatic rings. The minimum atomic E-state index is -0.155. The third kappa shape index (κ3) is 5.29. The van der Waals surface area contributed by atoms with Crippen molar-refractivity contribution in [3.63, 3.8) is 0 Å². The van der Waals surface area contributed by atoms with Crippen molar-refractivity contribution in [3.8, 4) is 0 Å². The van der Waals surface area contributed by atoms with Gasteiger partial charge in [-0.25, -0.2) is 0 Å². The second-order valence-corrected chi connectivity index (χ2v) is 3.83. The second kappa shape index (κ2) is 7.60. The van der Waals surface area contributed by atoms with Crippen LogP contribution in [0.25, 0.3) is 0 Å². The van der Waals surface area contributed by atoms with Gasteiger partial charge >= 0.3 is 5.97 Å². The topological polar surface area (TPSA) is 43.4 Å². The van der Waals surface area contributed by atoms with Gasteiger partial charge in [0.25, 0.3) is 0 Å². The fourth-order valence-electron chi connectivity index (χ4n) is 1.58. The first-order valence-corrected chi connectivity index (χ1v) is 5.93. The number of aryl methyl sites for hydroxylation is 2. The van der Waals surface area contributed by atoms with E-state index in [9.17, 15) is 9.59 Å². The van der Waals surface area contributed by atoms with Crippen LogP contribution in [0.15, 0.2) is 24.3 Å². The highest BCUT2D eigenvalue weighted by Gasteiger charge is 2.02. The average Bonchev–Trinajstić information content (AvgIpc) is 2.35. The molecule has 0 unspecified atom stereocenters. The zero-order valence-electron chi connectivity index (χ0n) is 10.1. The normalized spacial score (nSPS) is 9.94. The first-order chi connectivity index (χ1) is 8.26. The highest BCUT2D eigenvalue weighted by molar-refractivity contribution is 5.69. The van der Waals surface area contributed by atoms with E-state index in [2.05, 4.69) is 0 Å². The Kier molecular flexibility index (Phi) is 6.00. The summed E-state index contributed by atoms with van der Waals surface area (Å²) < 4.78 is 4.86. The summed E-state index contributed by atoms with van der Waals surface area (Å²) >= 11 is 0. The van der Waals surface area contributed by atoms with Crippen molar-refractivity contribution in [1.29, 1.82) is 0 Å². The second-order valence-electron chi connectivity index (χ2n) is 3.83. The Morgan fingerprint density at radius 3 is 2.29 bits per heavy atom. The lowest BCUT2D eigenvalue weighted by molar-refractivity contribution is -0.143. The zero-order valence-corrected chi connectivity index (χ0v) is 10.1. The SMILES string of the molecule is CCOC(=O)CCc1ccc(CCC=O)cc1. The summed E-state index contributed by atoms with van der Waals surface area (Å²) in [5.41, 5.74) is 2.27. The van der Waals surface area contributed by atoms with Gasteiger partial charge in [-0.05, 0) is 30.9 Å². The van der Waals surface area contributed by atoms with Crippen LogP contribution in [0.5, 0.6) is 0 Å². The van der Waals surface area contributed by atoms with Gasteiger partial charge in [-0.15, -0.1) is 0 Å². The smallest absolute Gasteiger partial charge is 0.306 e. The van der Waals surface area contributed by atoms with Gasteiger partial charge in [0.05, 0.1) is 6.61 Å². The minimum absolute atomic E-state index is 0.155. The van der Waals surface area contributed by atoms with Crippen molar-refractivity contribution >= 4 is 12.3 Å². The summed E-state index contributed by atoms with van der Waals surface area (Å²) in [6, 6.07) is 8.01. The molecule has 0 atom stereocenters. The summed E-state index contributed by atoms with van der Waals surface area (Å²) in [6.45, 7) is 2.24. The van der Waals surface area contributed by atoms with Crippen molar-refractivity contribution in [1.82, 2.24) is 0 Å². The quantitative estimate of drug-likeness (QED) is 0.537. The molecule has 0 saturated heterocycles. The van der Waals surface area contributed by atoms with Crippen LogP contribution in [0.1, 0.15) is 30.9 Å². The number of esters is 1. The van der Waals surface area contributed by atoms with E-state index in [0.717, 1.165) is 23.8 Å². The van der Waals surface area contributed by atoms with Crippen LogP contribution >= 0.6 is 0 Å². The highest BCUT2D eigenvalue weighted by Crippen LogP contribution is 2.08. The predicted octanol–water partition coefficient (Wildman–Crippen LogP) is 2.31. The number of hydrogen-bond acceptors (Lipinski definition) is 3. The molecule has 0 aromatic heterocycles. The Labute approximate surface area is 102 Å². The van der Waals surface area contributed by atoms with Crippen LogP contribution in [-0.2, 0) is 27.2 Å². The van der Waals surface area contributed by atoms with Gasteiger partial charge in [-0.3, -0.25) is 4.79 Å². The summed E-state index contributed by atoms with van der Waals surface area (Å²) in [7, 11) is 0. The maximum Gasteiger partial charge on any atom is 0.306 e. The molecular weight excluding hydrogens is 216 g/mol. The molecule has 0 spiro atoms. The minimum Gasteiger partial charge on any atom is -0.466 e. The Balaban J connectivity index is 2.39. The average molecular weight is 234 g/mol. The third-order valence-corrected chi connectivity index (χ3v) is 2.50. The molecule has 0 N–H and O–H groups in total. The Morgan fingerprint density at radius 2 is 1.76 bits per heavy atom. The van der Waals surface area contributed by atoms with E-state index in [0.29, 0.717) is 25.9 Å². The maximum absolute atomic E-state index is 11.2. The van der Waals surface area contributed by atoms with Gasteiger partial charge < -0.3 is 9.53 Å². The molecule has 0 saturated carbocycles. The molecule has 17 heavy (non-hydrogen) atoms. The molecule has 1 rings (SSSR count). The molecule has 3 heteroatoms. The Morgan fingerprint density at radius 1 is 1.18 bits per heavy atom. The number of ether oxygens (including phenoxy) is 1. The van der Waals surface area contributed by atoms with Crippen molar-refractivity contribution in [2.75, 3.05) is 6.61 Å². The van der Waals surface area contributed by atoms with Crippen LogP contribution in [0.4, 0.5) is 0 Å². The standard InChI is InChI=1S/C14H18O3/c1-2-17-14(16)10-9-13-7-5-12(6-8-13)4-3-11-15/h5-8,11H,2-4,9-10H2,1H3. The first kappa shape index (κ1) is 13.4. The van der Waals surface area contributed by atoms with E-state index in [4.69, 9.17) is 4.74 Å². The molecule has 0 aliphatic heterocycles. The van der Waals surface area contributed by atoms with Crippen molar-refractivity contribution in [2.24, 2.45) is 0 Å². The Bertz CT molecular complexity index is 354. The van der Waals surface area contributed by atoms with Crippen LogP contribution in [-0.4, -0.2) is 18.9 Å². The fraction of sp³-hybridized carbons (Fsp3) is 0.429. The van der Waals surface area contributed by atoms with Gasteiger partial charge in [0, 0.05) is 12.8 Å². The van der Waals surface area contributed by atoms with Crippen molar-refractivity contribution in [2.45, 2.75) is 32.6 Å². The lowest BCUT2D eigenvalue weighted by Crippen LogP contribution is -2.05. The number of carbonyl (C=O) groups is 2. The van der Waals surface area contributed by atoms with E-state index < -0.39 is 0 Å². The third-order valence-electron chi connectivity index (χ3n) is 2.50. The van der Waals surface area contributed by atoms with Crippen LogP contribution in [0.3, 0.4) is 0 Å². The molecule has 0 fully saturated rings. The van der Waals surface area contributed by atoms with E-state index in [1.54, 1.807) is 6.92 Å². The van der Waals surface area contributed by atoms with Gasteiger partial charge in [0.15, 0.2) is 0 Å². The van der Waals surface area contributed by atoms with Crippen LogP contribution < -0.4 is 0 Å². The molecule has 0 radical (unpaired) electrons. The Hall–Kier alpha value is -1.64. The first-order valence-electron chi connectivity index (χ1n) is 5.93. The molecule has 0 heterocycles. The lowest BCUT2D eigenvalue weighted by atomic mass is 10.0. The molecule has 0 aliphatic carbocycles. The van der Waals surface area contributed by atoms with E-state index in [1.165, 1.54) is 0 Å². The van der Waals surface area contributed by atoms with Crippen molar-refractivity contribution < 1.29 is 14.3 Å². The fourth-order valence-corrected chi connectivity index (χ4v) is 1.58. The number of rotatable bonds is 7. The van der Waals surface area contributed by atoms with E-state index >= 15 is 0 Å². The summed E-state index contributed by atoms with van der Waals surface area (Å²) in [6.07, 6.45) is 3.38. The number of benzene rings is 1. The largest absolute Gasteiger partial charge is 0.466 e. The van der Waals surface area contributed by atoms with Gasteiger partial charge in [0.2, 0.25) is 0 Å². The van der Waals surface area contributed by atoms with Crippen molar-refractivity contribution in [3.05, 3.63) is 35.4 Å². The maximum atomic E-state index is 11.2. The predicted molar refractivity (Wildman–Crippen MR) is 65.8 cm³/mol. The molecule has 3 nitrogen and oxygen atoms in total. The van der Waals surface area contributed by atoms with E-state index in [-0.39, 0.29) is 5.97 Å². The van der Waals surface area contributed by atoms with Gasteiger partial charge in [-0.2, -0.15) is 0 Å².